The molecule has 0 unspecified atom stereocenters. The number of pyridine rings is 2. The van der Waals surface area contributed by atoms with Gasteiger partial charge in [0, 0.05) is 30.0 Å². The third kappa shape index (κ3) is 4.22. The van der Waals surface area contributed by atoms with Gasteiger partial charge in [0.1, 0.15) is 11.5 Å². The smallest absolute Gasteiger partial charge is 0.275 e. The van der Waals surface area contributed by atoms with Crippen LogP contribution in [0.3, 0.4) is 0 Å². The Kier molecular flexibility index (Phi) is 5.60. The Morgan fingerprint density at radius 1 is 1.12 bits per heavy atom. The molecule has 0 bridgehead atoms. The number of carbonyl (C=O) groups is 1. The lowest BCUT2D eigenvalue weighted by Gasteiger charge is -2.27. The maximum atomic E-state index is 13.1. The van der Waals surface area contributed by atoms with Crippen LogP contribution in [0, 0.1) is 0 Å². The van der Waals surface area contributed by atoms with E-state index in [0.29, 0.717) is 29.8 Å². The van der Waals surface area contributed by atoms with Crippen LogP contribution < -0.4 is 5.32 Å². The molecule has 0 saturated carbocycles. The molecule has 0 aromatic carbocycles. The van der Waals surface area contributed by atoms with Crippen LogP contribution in [0.25, 0.3) is 11.4 Å². The second-order valence-corrected chi connectivity index (χ2v) is 8.18. The van der Waals surface area contributed by atoms with Gasteiger partial charge in [-0.2, -0.15) is 9.78 Å². The van der Waals surface area contributed by atoms with Crippen LogP contribution in [0.2, 0.25) is 0 Å². The summed E-state index contributed by atoms with van der Waals surface area (Å²) >= 11 is 0. The molecule has 1 saturated heterocycles. The van der Waals surface area contributed by atoms with Crippen LogP contribution in [-0.2, 0) is 0 Å². The summed E-state index contributed by atoms with van der Waals surface area (Å²) in [5.74, 6) is 1.34. The summed E-state index contributed by atoms with van der Waals surface area (Å²) < 4.78 is 1.71. The van der Waals surface area contributed by atoms with Crippen LogP contribution >= 0.6 is 0 Å². The molecule has 3 aromatic rings. The SMILES string of the molecule is CN1CCC(c2cc(NC(=O)c3cccc(C4=CC=NC4)n3)n(-c3ccccn3)n2)CC1. The Bertz CT molecular complexity index is 1170. The van der Waals surface area contributed by atoms with Crippen molar-refractivity contribution in [3.63, 3.8) is 0 Å². The number of likely N-dealkylation sites (tertiary alicyclic amines) is 1. The fourth-order valence-electron chi connectivity index (χ4n) is 4.08. The molecule has 0 spiro atoms. The monoisotopic (exact) mass is 427 g/mol. The van der Waals surface area contributed by atoms with Crippen molar-refractivity contribution >= 4 is 23.5 Å². The van der Waals surface area contributed by atoms with Gasteiger partial charge in [0.05, 0.1) is 17.9 Å². The fourth-order valence-corrected chi connectivity index (χ4v) is 4.08. The molecular weight excluding hydrogens is 402 g/mol. The van der Waals surface area contributed by atoms with Crippen molar-refractivity contribution in [2.24, 2.45) is 4.99 Å². The number of amides is 1. The summed E-state index contributed by atoms with van der Waals surface area (Å²) in [5.41, 5.74) is 3.10. The first-order chi connectivity index (χ1) is 15.7. The van der Waals surface area contributed by atoms with Gasteiger partial charge in [0.15, 0.2) is 5.82 Å². The summed E-state index contributed by atoms with van der Waals surface area (Å²) in [4.78, 5) is 28.6. The van der Waals surface area contributed by atoms with E-state index in [0.717, 1.165) is 42.9 Å². The highest BCUT2D eigenvalue weighted by molar-refractivity contribution is 6.03. The van der Waals surface area contributed by atoms with E-state index in [4.69, 9.17) is 5.10 Å². The molecule has 5 rings (SSSR count). The van der Waals surface area contributed by atoms with Gasteiger partial charge in [0.25, 0.3) is 5.91 Å². The van der Waals surface area contributed by atoms with Crippen molar-refractivity contribution in [3.05, 3.63) is 71.8 Å². The minimum atomic E-state index is -0.279. The molecule has 2 aliphatic rings. The molecule has 8 heteroatoms. The molecule has 162 valence electrons. The fraction of sp³-hybridized carbons (Fsp3) is 0.292. The minimum absolute atomic E-state index is 0.279. The summed E-state index contributed by atoms with van der Waals surface area (Å²) in [6.07, 6.45) is 7.50. The van der Waals surface area contributed by atoms with E-state index in [1.165, 1.54) is 0 Å². The summed E-state index contributed by atoms with van der Waals surface area (Å²) in [6.45, 7) is 2.67. The molecule has 0 aliphatic carbocycles. The van der Waals surface area contributed by atoms with Crippen LogP contribution in [0.4, 0.5) is 5.82 Å². The third-order valence-electron chi connectivity index (χ3n) is 5.93. The largest absolute Gasteiger partial charge is 0.306 e. The number of carbonyl (C=O) groups excluding carboxylic acids is 1. The highest BCUT2D eigenvalue weighted by Crippen LogP contribution is 2.29. The summed E-state index contributed by atoms with van der Waals surface area (Å²) in [6, 6.07) is 13.1. The van der Waals surface area contributed by atoms with E-state index in [2.05, 4.69) is 32.2 Å². The molecule has 8 nitrogen and oxygen atoms in total. The molecule has 1 amide bonds. The first-order valence-corrected chi connectivity index (χ1v) is 10.8. The minimum Gasteiger partial charge on any atom is -0.306 e. The highest BCUT2D eigenvalue weighted by Gasteiger charge is 2.24. The van der Waals surface area contributed by atoms with Gasteiger partial charge in [-0.1, -0.05) is 12.1 Å². The number of anilines is 1. The molecule has 0 atom stereocenters. The number of allylic oxidation sites excluding steroid dienone is 1. The number of nitrogens with one attached hydrogen (secondary N) is 1. The topological polar surface area (TPSA) is 88.3 Å². The molecule has 32 heavy (non-hydrogen) atoms. The molecule has 1 N–H and O–H groups in total. The van der Waals surface area contributed by atoms with Gasteiger partial charge < -0.3 is 10.2 Å². The van der Waals surface area contributed by atoms with E-state index in [9.17, 15) is 4.79 Å². The summed E-state index contributed by atoms with van der Waals surface area (Å²) in [7, 11) is 2.14. The maximum Gasteiger partial charge on any atom is 0.275 e. The third-order valence-corrected chi connectivity index (χ3v) is 5.93. The number of hydrogen-bond donors (Lipinski definition) is 1. The average Bonchev–Trinajstić information content (AvgIpc) is 3.51. The van der Waals surface area contributed by atoms with Crippen molar-refractivity contribution in [1.82, 2.24) is 24.6 Å². The van der Waals surface area contributed by atoms with Gasteiger partial charge in [-0.25, -0.2) is 9.97 Å². The second-order valence-electron chi connectivity index (χ2n) is 8.18. The van der Waals surface area contributed by atoms with E-state index < -0.39 is 0 Å². The predicted octanol–water partition coefficient (Wildman–Crippen LogP) is 3.19. The standard InChI is InChI=1S/C24H25N7O/c1-30-13-9-17(10-14-30)21-15-23(31(29-21)22-7-2-3-11-26-22)28-24(32)20-6-4-5-19(27-20)18-8-12-25-16-18/h2-8,11-12,15,17H,9-10,13-14,16H2,1H3,(H,28,32). The van der Waals surface area contributed by atoms with Crippen LogP contribution in [0.15, 0.2) is 59.7 Å². The van der Waals surface area contributed by atoms with Gasteiger partial charge in [-0.05, 0) is 63.3 Å². The lowest BCUT2D eigenvalue weighted by Crippen LogP contribution is -2.29. The Hall–Kier alpha value is -3.65. The number of hydrogen-bond acceptors (Lipinski definition) is 6. The van der Waals surface area contributed by atoms with E-state index in [-0.39, 0.29) is 5.91 Å². The van der Waals surface area contributed by atoms with Gasteiger partial charge in [-0.15, -0.1) is 0 Å². The zero-order valence-electron chi connectivity index (χ0n) is 18.0. The average molecular weight is 428 g/mol. The number of aliphatic imine (C=N–C) groups is 1. The Balaban J connectivity index is 1.43. The van der Waals surface area contributed by atoms with E-state index >= 15 is 0 Å². The van der Waals surface area contributed by atoms with Crippen LogP contribution in [0.5, 0.6) is 0 Å². The Morgan fingerprint density at radius 2 is 2.00 bits per heavy atom. The first kappa shape index (κ1) is 20.3. The quantitative estimate of drug-likeness (QED) is 0.676. The van der Waals surface area contributed by atoms with Crippen molar-refractivity contribution in [2.75, 3.05) is 32.0 Å². The molecule has 3 aromatic heterocycles. The number of piperidine rings is 1. The highest BCUT2D eigenvalue weighted by atomic mass is 16.2. The van der Waals surface area contributed by atoms with Gasteiger partial charge >= 0.3 is 0 Å². The molecular formula is C24H25N7O. The van der Waals surface area contributed by atoms with Gasteiger partial charge in [0.2, 0.25) is 0 Å². The van der Waals surface area contributed by atoms with Crippen molar-refractivity contribution in [2.45, 2.75) is 18.8 Å². The summed E-state index contributed by atoms with van der Waals surface area (Å²) in [5, 5.41) is 7.84. The van der Waals surface area contributed by atoms with Gasteiger partial charge in [-0.3, -0.25) is 9.79 Å². The van der Waals surface area contributed by atoms with Crippen molar-refractivity contribution in [1.29, 1.82) is 0 Å². The molecule has 1 fully saturated rings. The van der Waals surface area contributed by atoms with Crippen LogP contribution in [-0.4, -0.2) is 63.5 Å². The predicted molar refractivity (Wildman–Crippen MR) is 124 cm³/mol. The van der Waals surface area contributed by atoms with E-state index in [1.807, 2.05) is 42.5 Å². The zero-order valence-corrected chi connectivity index (χ0v) is 18.0. The lowest BCUT2D eigenvalue weighted by molar-refractivity contribution is 0.102. The Morgan fingerprint density at radius 3 is 2.75 bits per heavy atom. The second kappa shape index (κ2) is 8.84. The molecule has 2 aliphatic heterocycles. The first-order valence-electron chi connectivity index (χ1n) is 10.8. The number of aromatic nitrogens is 4. The van der Waals surface area contributed by atoms with Crippen LogP contribution in [0.1, 0.15) is 40.6 Å². The lowest BCUT2D eigenvalue weighted by atomic mass is 9.94. The van der Waals surface area contributed by atoms with E-state index in [1.54, 1.807) is 23.2 Å². The zero-order chi connectivity index (χ0) is 21.9. The normalized spacial score (nSPS) is 16.8. The van der Waals surface area contributed by atoms with Crippen molar-refractivity contribution in [3.8, 4) is 5.82 Å². The number of rotatable bonds is 5. The molecule has 5 heterocycles. The molecule has 0 radical (unpaired) electrons. The number of nitrogens with zero attached hydrogens (tertiary/aromatic N) is 6. The Labute approximate surface area is 186 Å². The maximum absolute atomic E-state index is 13.1. The van der Waals surface area contributed by atoms with Crippen molar-refractivity contribution < 1.29 is 4.79 Å².